The zero-order chi connectivity index (χ0) is 11.7. The van der Waals surface area contributed by atoms with Crippen LogP contribution in [0.15, 0.2) is 0 Å². The Morgan fingerprint density at radius 3 is 2.53 bits per heavy atom. The lowest BCUT2D eigenvalue weighted by atomic mass is 10.2. The molecule has 0 saturated heterocycles. The molecule has 0 rings (SSSR count). The van der Waals surface area contributed by atoms with Crippen LogP contribution in [0.1, 0.15) is 27.7 Å². The molecule has 1 atom stereocenters. The van der Waals surface area contributed by atoms with Gasteiger partial charge in [-0.25, -0.2) is 0 Å². The zero-order valence-corrected chi connectivity index (χ0v) is 10.3. The van der Waals surface area contributed by atoms with Crippen molar-refractivity contribution in [3.8, 4) is 0 Å². The van der Waals surface area contributed by atoms with E-state index in [4.69, 9.17) is 4.74 Å². The van der Waals surface area contributed by atoms with Crippen molar-refractivity contribution in [1.82, 2.24) is 10.6 Å². The van der Waals surface area contributed by atoms with E-state index in [0.717, 1.165) is 13.2 Å². The van der Waals surface area contributed by atoms with Crippen molar-refractivity contribution in [3.05, 3.63) is 0 Å². The van der Waals surface area contributed by atoms with Crippen LogP contribution in [0.2, 0.25) is 0 Å². The van der Waals surface area contributed by atoms with Crippen LogP contribution >= 0.6 is 0 Å². The van der Waals surface area contributed by atoms with E-state index in [0.29, 0.717) is 19.1 Å². The lowest BCUT2D eigenvalue weighted by Gasteiger charge is -2.14. The first kappa shape index (κ1) is 14.4. The first-order chi connectivity index (χ1) is 7.07. The van der Waals surface area contributed by atoms with E-state index in [1.165, 1.54) is 0 Å². The number of hydrogen-bond donors (Lipinski definition) is 2. The summed E-state index contributed by atoms with van der Waals surface area (Å²) in [6, 6.07) is -0.149. The molecule has 15 heavy (non-hydrogen) atoms. The predicted molar refractivity (Wildman–Crippen MR) is 61.8 cm³/mol. The van der Waals surface area contributed by atoms with E-state index in [1.54, 1.807) is 0 Å². The molecule has 0 radical (unpaired) electrons. The van der Waals surface area contributed by atoms with Gasteiger partial charge in [0.1, 0.15) is 0 Å². The van der Waals surface area contributed by atoms with Gasteiger partial charge in [-0.2, -0.15) is 0 Å². The van der Waals surface area contributed by atoms with E-state index in [1.807, 2.05) is 13.8 Å². The van der Waals surface area contributed by atoms with Crippen LogP contribution in [0.5, 0.6) is 0 Å². The van der Waals surface area contributed by atoms with Gasteiger partial charge in [-0.05, 0) is 19.8 Å². The van der Waals surface area contributed by atoms with Gasteiger partial charge in [-0.15, -0.1) is 0 Å². The van der Waals surface area contributed by atoms with Crippen molar-refractivity contribution < 1.29 is 9.53 Å². The molecule has 0 fully saturated rings. The number of nitrogens with one attached hydrogen (secondary N) is 2. The van der Waals surface area contributed by atoms with Gasteiger partial charge in [-0.3, -0.25) is 4.79 Å². The number of ether oxygens (including phenoxy) is 1. The van der Waals surface area contributed by atoms with Crippen LogP contribution < -0.4 is 10.6 Å². The van der Waals surface area contributed by atoms with Gasteiger partial charge in [-0.1, -0.05) is 13.8 Å². The number of rotatable bonds is 8. The van der Waals surface area contributed by atoms with E-state index in [9.17, 15) is 4.79 Å². The molecule has 0 heterocycles. The predicted octanol–water partition coefficient (Wildman–Crippen LogP) is 0.773. The molecule has 2 N–H and O–H groups in total. The van der Waals surface area contributed by atoms with Gasteiger partial charge in [0.2, 0.25) is 5.91 Å². The highest BCUT2D eigenvalue weighted by molar-refractivity contribution is 5.81. The summed E-state index contributed by atoms with van der Waals surface area (Å²) in [7, 11) is 0. The molecule has 1 amide bonds. The molecule has 0 aromatic rings. The van der Waals surface area contributed by atoms with Crippen LogP contribution in [0, 0.1) is 5.92 Å². The summed E-state index contributed by atoms with van der Waals surface area (Å²) in [6.45, 7) is 10.8. The summed E-state index contributed by atoms with van der Waals surface area (Å²) in [5.41, 5.74) is 0. The Labute approximate surface area is 92.8 Å². The van der Waals surface area contributed by atoms with Crippen LogP contribution in [-0.2, 0) is 9.53 Å². The average Bonchev–Trinajstić information content (AvgIpc) is 2.20. The highest BCUT2D eigenvalue weighted by atomic mass is 16.5. The van der Waals surface area contributed by atoms with E-state index < -0.39 is 0 Å². The number of hydrogen-bond acceptors (Lipinski definition) is 3. The smallest absolute Gasteiger partial charge is 0.236 e. The van der Waals surface area contributed by atoms with Crippen molar-refractivity contribution in [2.75, 3.05) is 26.3 Å². The van der Waals surface area contributed by atoms with Gasteiger partial charge in [0.15, 0.2) is 0 Å². The topological polar surface area (TPSA) is 50.4 Å². The fraction of sp³-hybridized carbons (Fsp3) is 0.909. The van der Waals surface area contributed by atoms with Gasteiger partial charge in [0.05, 0.1) is 12.6 Å². The summed E-state index contributed by atoms with van der Waals surface area (Å²) in [5, 5.41) is 5.98. The van der Waals surface area contributed by atoms with E-state index in [-0.39, 0.29) is 11.9 Å². The maximum Gasteiger partial charge on any atom is 0.236 e. The fourth-order valence-corrected chi connectivity index (χ4v) is 1.04. The Balaban J connectivity index is 3.51. The molecular formula is C11H24N2O2. The second-order valence-electron chi connectivity index (χ2n) is 4.01. The number of carbonyl (C=O) groups is 1. The second-order valence-corrected chi connectivity index (χ2v) is 4.01. The third-order valence-corrected chi connectivity index (χ3v) is 1.98. The second kappa shape index (κ2) is 8.68. The van der Waals surface area contributed by atoms with Gasteiger partial charge in [0.25, 0.3) is 0 Å². The van der Waals surface area contributed by atoms with Crippen molar-refractivity contribution >= 4 is 5.91 Å². The summed E-state index contributed by atoms with van der Waals surface area (Å²) in [4.78, 5) is 11.5. The molecule has 0 aliphatic rings. The number of carbonyl (C=O) groups excluding carboxylic acids is 1. The van der Waals surface area contributed by atoms with E-state index in [2.05, 4.69) is 24.5 Å². The lowest BCUT2D eigenvalue weighted by molar-refractivity contribution is -0.122. The van der Waals surface area contributed by atoms with E-state index >= 15 is 0 Å². The first-order valence-electron chi connectivity index (χ1n) is 5.66. The van der Waals surface area contributed by atoms with Crippen LogP contribution in [-0.4, -0.2) is 38.3 Å². The molecule has 4 heteroatoms. The van der Waals surface area contributed by atoms with Gasteiger partial charge < -0.3 is 15.4 Å². The molecule has 0 bridgehead atoms. The molecule has 0 saturated carbocycles. The highest BCUT2D eigenvalue weighted by Crippen LogP contribution is 1.89. The fourth-order valence-electron chi connectivity index (χ4n) is 1.04. The maximum absolute atomic E-state index is 11.5. The Kier molecular flexibility index (Phi) is 8.33. The summed E-state index contributed by atoms with van der Waals surface area (Å²) >= 11 is 0. The number of amides is 1. The first-order valence-corrected chi connectivity index (χ1v) is 5.66. The summed E-state index contributed by atoms with van der Waals surface area (Å²) in [5.74, 6) is 0.546. The molecule has 1 unspecified atom stereocenters. The zero-order valence-electron chi connectivity index (χ0n) is 10.3. The van der Waals surface area contributed by atoms with Crippen molar-refractivity contribution in [1.29, 1.82) is 0 Å². The monoisotopic (exact) mass is 216 g/mol. The largest absolute Gasteiger partial charge is 0.380 e. The van der Waals surface area contributed by atoms with Crippen LogP contribution in [0.4, 0.5) is 0 Å². The van der Waals surface area contributed by atoms with Crippen molar-refractivity contribution in [2.24, 2.45) is 5.92 Å². The molecule has 0 aromatic carbocycles. The van der Waals surface area contributed by atoms with Crippen LogP contribution in [0.3, 0.4) is 0 Å². The minimum Gasteiger partial charge on any atom is -0.380 e. The van der Waals surface area contributed by atoms with Crippen molar-refractivity contribution in [3.63, 3.8) is 0 Å². The SMILES string of the molecule is CCOCCNC(C)C(=O)NCC(C)C. The molecule has 90 valence electrons. The quantitative estimate of drug-likeness (QED) is 0.589. The molecule has 0 aliphatic heterocycles. The summed E-state index contributed by atoms with van der Waals surface area (Å²) in [6.07, 6.45) is 0. The molecular weight excluding hydrogens is 192 g/mol. The molecule has 0 aliphatic carbocycles. The Hall–Kier alpha value is -0.610. The van der Waals surface area contributed by atoms with Crippen molar-refractivity contribution in [2.45, 2.75) is 33.7 Å². The van der Waals surface area contributed by atoms with Gasteiger partial charge in [0, 0.05) is 19.7 Å². The third kappa shape index (κ3) is 8.39. The normalized spacial score (nSPS) is 12.9. The maximum atomic E-state index is 11.5. The minimum absolute atomic E-state index is 0.0557. The molecule has 0 spiro atoms. The molecule has 0 aromatic heterocycles. The third-order valence-electron chi connectivity index (χ3n) is 1.98. The summed E-state index contributed by atoms with van der Waals surface area (Å²) < 4.78 is 5.17. The Morgan fingerprint density at radius 2 is 2.00 bits per heavy atom. The highest BCUT2D eigenvalue weighted by Gasteiger charge is 2.11. The lowest BCUT2D eigenvalue weighted by Crippen LogP contribution is -2.44. The average molecular weight is 216 g/mol. The minimum atomic E-state index is -0.149. The standard InChI is InChI=1S/C11H24N2O2/c1-5-15-7-6-12-10(4)11(14)13-8-9(2)3/h9-10,12H,5-8H2,1-4H3,(H,13,14). The van der Waals surface area contributed by atoms with Gasteiger partial charge >= 0.3 is 0 Å². The molecule has 4 nitrogen and oxygen atoms in total. The Morgan fingerprint density at radius 1 is 1.33 bits per heavy atom. The Bertz CT molecular complexity index is 172. The van der Waals surface area contributed by atoms with Crippen LogP contribution in [0.25, 0.3) is 0 Å².